The quantitative estimate of drug-likeness (QED) is 0.938. The van der Waals surface area contributed by atoms with E-state index in [9.17, 15) is 0 Å². The van der Waals surface area contributed by atoms with Gasteiger partial charge in [0.05, 0.1) is 6.54 Å². The molecule has 0 spiro atoms. The van der Waals surface area contributed by atoms with Crippen molar-refractivity contribution in [3.8, 4) is 0 Å². The number of nitrogens with zero attached hydrogens (tertiary/aromatic N) is 3. The third-order valence-electron chi connectivity index (χ3n) is 2.28. The van der Waals surface area contributed by atoms with Crippen LogP contribution >= 0.6 is 15.9 Å². The van der Waals surface area contributed by atoms with Gasteiger partial charge in [0.2, 0.25) is 5.95 Å². The SMILES string of the molecule is CCc1nc(N)n(Cc2cccc(Br)c2)n1. The lowest BCUT2D eigenvalue weighted by molar-refractivity contribution is 0.682. The molecule has 84 valence electrons. The molecular formula is C11H13BrN4. The van der Waals surface area contributed by atoms with Crippen molar-refractivity contribution in [3.63, 3.8) is 0 Å². The normalized spacial score (nSPS) is 10.6. The first-order valence-electron chi connectivity index (χ1n) is 5.12. The number of aromatic nitrogens is 3. The fourth-order valence-corrected chi connectivity index (χ4v) is 1.92. The third-order valence-corrected chi connectivity index (χ3v) is 2.78. The van der Waals surface area contributed by atoms with E-state index < -0.39 is 0 Å². The Morgan fingerprint density at radius 2 is 2.25 bits per heavy atom. The molecule has 0 amide bonds. The zero-order chi connectivity index (χ0) is 11.5. The smallest absolute Gasteiger partial charge is 0.219 e. The summed E-state index contributed by atoms with van der Waals surface area (Å²) in [5, 5.41) is 4.32. The molecule has 16 heavy (non-hydrogen) atoms. The molecule has 0 radical (unpaired) electrons. The Morgan fingerprint density at radius 1 is 1.44 bits per heavy atom. The van der Waals surface area contributed by atoms with Crippen molar-refractivity contribution < 1.29 is 0 Å². The topological polar surface area (TPSA) is 56.7 Å². The molecule has 2 N–H and O–H groups in total. The first-order chi connectivity index (χ1) is 7.69. The van der Waals surface area contributed by atoms with Crippen LogP contribution in [0.2, 0.25) is 0 Å². The zero-order valence-electron chi connectivity index (χ0n) is 9.02. The van der Waals surface area contributed by atoms with Crippen LogP contribution in [-0.2, 0) is 13.0 Å². The van der Waals surface area contributed by atoms with Gasteiger partial charge in [-0.2, -0.15) is 10.1 Å². The number of hydrogen-bond donors (Lipinski definition) is 1. The van der Waals surface area contributed by atoms with E-state index in [1.165, 1.54) is 0 Å². The number of aryl methyl sites for hydroxylation is 1. The molecule has 0 saturated carbocycles. The standard InChI is InChI=1S/C11H13BrN4/c1-2-10-14-11(13)16(15-10)7-8-4-3-5-9(12)6-8/h3-6H,2,7H2,1H3,(H2,13,14,15). The molecule has 2 rings (SSSR count). The van der Waals surface area contributed by atoms with Crippen LogP contribution in [0.5, 0.6) is 0 Å². The van der Waals surface area contributed by atoms with Gasteiger partial charge in [0.15, 0.2) is 5.82 Å². The van der Waals surface area contributed by atoms with E-state index >= 15 is 0 Å². The fourth-order valence-electron chi connectivity index (χ4n) is 1.48. The van der Waals surface area contributed by atoms with Crippen LogP contribution in [0.3, 0.4) is 0 Å². The Bertz CT molecular complexity index is 492. The molecule has 4 nitrogen and oxygen atoms in total. The number of anilines is 1. The summed E-state index contributed by atoms with van der Waals surface area (Å²) in [6.07, 6.45) is 0.801. The number of halogens is 1. The largest absolute Gasteiger partial charge is 0.368 e. The second-order valence-corrected chi connectivity index (χ2v) is 4.44. The molecule has 0 aliphatic carbocycles. The summed E-state index contributed by atoms with van der Waals surface area (Å²) < 4.78 is 2.78. The van der Waals surface area contributed by atoms with Crippen molar-refractivity contribution in [1.82, 2.24) is 14.8 Å². The molecule has 1 heterocycles. The maximum atomic E-state index is 5.78. The van der Waals surface area contributed by atoms with Gasteiger partial charge in [-0.1, -0.05) is 35.0 Å². The summed E-state index contributed by atoms with van der Waals surface area (Å²) in [6, 6.07) is 8.07. The zero-order valence-corrected chi connectivity index (χ0v) is 10.6. The summed E-state index contributed by atoms with van der Waals surface area (Å²) in [7, 11) is 0. The predicted molar refractivity (Wildman–Crippen MR) is 67.1 cm³/mol. The van der Waals surface area contributed by atoms with Gasteiger partial charge in [0.25, 0.3) is 0 Å². The van der Waals surface area contributed by atoms with E-state index in [2.05, 4.69) is 26.0 Å². The Balaban J connectivity index is 2.23. The van der Waals surface area contributed by atoms with Gasteiger partial charge in [-0.05, 0) is 17.7 Å². The van der Waals surface area contributed by atoms with Crippen LogP contribution in [0.1, 0.15) is 18.3 Å². The van der Waals surface area contributed by atoms with Crippen molar-refractivity contribution >= 4 is 21.9 Å². The maximum absolute atomic E-state index is 5.78. The number of benzene rings is 1. The van der Waals surface area contributed by atoms with Crippen molar-refractivity contribution in [2.45, 2.75) is 19.9 Å². The molecule has 0 unspecified atom stereocenters. The Labute approximate surface area is 103 Å². The van der Waals surface area contributed by atoms with E-state index in [1.54, 1.807) is 4.68 Å². The lowest BCUT2D eigenvalue weighted by Crippen LogP contribution is -2.06. The summed E-state index contributed by atoms with van der Waals surface area (Å²) in [5.41, 5.74) is 6.93. The molecule has 0 fully saturated rings. The molecule has 1 aromatic carbocycles. The van der Waals surface area contributed by atoms with Gasteiger partial charge in [-0.3, -0.25) is 0 Å². The molecule has 0 aliphatic rings. The van der Waals surface area contributed by atoms with Gasteiger partial charge < -0.3 is 5.73 Å². The lowest BCUT2D eigenvalue weighted by Gasteiger charge is -2.03. The molecule has 1 aromatic heterocycles. The summed E-state index contributed by atoms with van der Waals surface area (Å²) in [4.78, 5) is 4.17. The van der Waals surface area contributed by atoms with Gasteiger partial charge in [-0.15, -0.1) is 0 Å². The van der Waals surface area contributed by atoms with Gasteiger partial charge in [0.1, 0.15) is 0 Å². The van der Waals surface area contributed by atoms with Crippen LogP contribution in [0.25, 0.3) is 0 Å². The predicted octanol–water partition coefficient (Wildman–Crippen LogP) is 2.23. The van der Waals surface area contributed by atoms with Crippen LogP contribution in [0.15, 0.2) is 28.7 Å². The first-order valence-corrected chi connectivity index (χ1v) is 5.92. The van der Waals surface area contributed by atoms with E-state index in [0.717, 1.165) is 22.3 Å². The summed E-state index contributed by atoms with van der Waals surface area (Å²) >= 11 is 3.44. The number of nitrogen functional groups attached to an aromatic ring is 1. The Hall–Kier alpha value is -1.36. The summed E-state index contributed by atoms with van der Waals surface area (Å²) in [6.45, 7) is 2.66. The van der Waals surface area contributed by atoms with Crippen LogP contribution in [0, 0.1) is 0 Å². The van der Waals surface area contributed by atoms with E-state index in [4.69, 9.17) is 5.73 Å². The van der Waals surface area contributed by atoms with Crippen molar-refractivity contribution in [3.05, 3.63) is 40.1 Å². The second kappa shape index (κ2) is 4.65. The van der Waals surface area contributed by atoms with Crippen molar-refractivity contribution in [1.29, 1.82) is 0 Å². The molecule has 0 aliphatic heterocycles. The van der Waals surface area contributed by atoms with Crippen LogP contribution < -0.4 is 5.73 Å². The lowest BCUT2D eigenvalue weighted by atomic mass is 10.2. The Kier molecular flexibility index (Phi) is 3.24. The van der Waals surface area contributed by atoms with E-state index in [1.807, 2.05) is 31.2 Å². The number of rotatable bonds is 3. The molecule has 0 bridgehead atoms. The Morgan fingerprint density at radius 3 is 2.88 bits per heavy atom. The third kappa shape index (κ3) is 2.41. The highest BCUT2D eigenvalue weighted by Crippen LogP contribution is 2.13. The maximum Gasteiger partial charge on any atom is 0.219 e. The average Bonchev–Trinajstić information content (AvgIpc) is 2.60. The van der Waals surface area contributed by atoms with Crippen molar-refractivity contribution in [2.75, 3.05) is 5.73 Å². The minimum absolute atomic E-state index is 0.469. The van der Waals surface area contributed by atoms with Gasteiger partial charge >= 0.3 is 0 Å². The molecule has 2 aromatic rings. The minimum atomic E-state index is 0.469. The average molecular weight is 281 g/mol. The minimum Gasteiger partial charge on any atom is -0.368 e. The van der Waals surface area contributed by atoms with Crippen LogP contribution in [0.4, 0.5) is 5.95 Å². The second-order valence-electron chi connectivity index (χ2n) is 3.53. The van der Waals surface area contributed by atoms with Gasteiger partial charge in [-0.25, -0.2) is 4.68 Å². The molecule has 0 saturated heterocycles. The molecule has 0 atom stereocenters. The monoisotopic (exact) mass is 280 g/mol. The number of nitrogens with two attached hydrogens (primary N) is 1. The highest BCUT2D eigenvalue weighted by atomic mass is 79.9. The highest BCUT2D eigenvalue weighted by Gasteiger charge is 2.05. The molecule has 5 heteroatoms. The fraction of sp³-hybridized carbons (Fsp3) is 0.273. The molecular weight excluding hydrogens is 268 g/mol. The highest BCUT2D eigenvalue weighted by molar-refractivity contribution is 9.10. The first kappa shape index (κ1) is 11.1. The van der Waals surface area contributed by atoms with Crippen LogP contribution in [-0.4, -0.2) is 14.8 Å². The van der Waals surface area contributed by atoms with Gasteiger partial charge in [0, 0.05) is 10.9 Å². The number of hydrogen-bond acceptors (Lipinski definition) is 3. The van der Waals surface area contributed by atoms with E-state index in [-0.39, 0.29) is 0 Å². The van der Waals surface area contributed by atoms with E-state index in [0.29, 0.717) is 12.5 Å². The van der Waals surface area contributed by atoms with Crippen molar-refractivity contribution in [2.24, 2.45) is 0 Å². The summed E-state index contributed by atoms with van der Waals surface area (Å²) in [5.74, 6) is 1.25.